The zero-order chi connectivity index (χ0) is 13.5. The highest BCUT2D eigenvalue weighted by Gasteiger charge is 2.17. The molecule has 1 aromatic rings. The molecule has 0 spiro atoms. The van der Waals surface area contributed by atoms with Gasteiger partial charge in [0.1, 0.15) is 0 Å². The van der Waals surface area contributed by atoms with Gasteiger partial charge in [-0.1, -0.05) is 44.7 Å². The van der Waals surface area contributed by atoms with Crippen molar-refractivity contribution in [2.45, 2.75) is 56.4 Å². The molecular weight excluding hydrogens is 254 g/mol. The maximum Gasteiger partial charge on any atom is 0.252 e. The van der Waals surface area contributed by atoms with E-state index in [0.717, 1.165) is 29.1 Å². The molecule has 1 amide bonds. The Labute approximate surface area is 120 Å². The zero-order valence-electron chi connectivity index (χ0n) is 11.7. The summed E-state index contributed by atoms with van der Waals surface area (Å²) in [6, 6.07) is 8.29. The minimum absolute atomic E-state index is 0.100. The average Bonchev–Trinajstić information content (AvgIpc) is 2.68. The fourth-order valence-electron chi connectivity index (χ4n) is 2.62. The maximum absolute atomic E-state index is 12.4. The van der Waals surface area contributed by atoms with Crippen LogP contribution in [0.3, 0.4) is 0 Å². The van der Waals surface area contributed by atoms with Crippen LogP contribution in [0.2, 0.25) is 0 Å². The molecule has 0 aromatic heterocycles. The Morgan fingerprint density at radius 1 is 1.21 bits per heavy atom. The normalized spacial score (nSPS) is 16.9. The van der Waals surface area contributed by atoms with Gasteiger partial charge in [-0.05, 0) is 30.7 Å². The Hall–Kier alpha value is -0.960. The Bertz CT molecular complexity index is 411. The van der Waals surface area contributed by atoms with Crippen LogP contribution in [0.15, 0.2) is 29.2 Å². The van der Waals surface area contributed by atoms with Gasteiger partial charge in [0, 0.05) is 10.9 Å². The molecule has 0 atom stereocenters. The van der Waals surface area contributed by atoms with Crippen LogP contribution in [0.5, 0.6) is 0 Å². The molecule has 0 bridgehead atoms. The molecule has 1 aliphatic carbocycles. The second-order valence-electron chi connectivity index (χ2n) is 5.09. The minimum Gasteiger partial charge on any atom is -0.349 e. The van der Waals surface area contributed by atoms with Crippen molar-refractivity contribution in [3.05, 3.63) is 29.8 Å². The number of nitrogens with one attached hydrogen (secondary N) is 1. The lowest BCUT2D eigenvalue weighted by Crippen LogP contribution is -2.34. The SMILES string of the molecule is CCSc1ccccc1C(=O)NC1CCCCCC1. The third kappa shape index (κ3) is 4.27. The standard InChI is InChI=1S/C16H23NOS/c1-2-19-15-12-8-7-11-14(15)16(18)17-13-9-5-3-4-6-10-13/h7-8,11-13H,2-6,9-10H2,1H3,(H,17,18). The number of carbonyl (C=O) groups is 1. The smallest absolute Gasteiger partial charge is 0.252 e. The first kappa shape index (κ1) is 14.4. The van der Waals surface area contributed by atoms with Crippen molar-refractivity contribution >= 4 is 17.7 Å². The summed E-state index contributed by atoms with van der Waals surface area (Å²) in [6.07, 6.45) is 7.39. The number of amides is 1. The highest BCUT2D eigenvalue weighted by molar-refractivity contribution is 7.99. The predicted molar refractivity (Wildman–Crippen MR) is 81.8 cm³/mol. The van der Waals surface area contributed by atoms with Crippen molar-refractivity contribution in [1.29, 1.82) is 0 Å². The lowest BCUT2D eigenvalue weighted by atomic mass is 10.1. The monoisotopic (exact) mass is 277 g/mol. The summed E-state index contributed by atoms with van der Waals surface area (Å²) < 4.78 is 0. The molecular formula is C16H23NOS. The molecule has 19 heavy (non-hydrogen) atoms. The van der Waals surface area contributed by atoms with E-state index in [-0.39, 0.29) is 5.91 Å². The summed E-state index contributed by atoms with van der Waals surface area (Å²) in [7, 11) is 0. The summed E-state index contributed by atoms with van der Waals surface area (Å²) in [4.78, 5) is 13.5. The number of thioether (sulfide) groups is 1. The van der Waals surface area contributed by atoms with Gasteiger partial charge in [0.2, 0.25) is 0 Å². The van der Waals surface area contributed by atoms with Crippen molar-refractivity contribution in [2.75, 3.05) is 5.75 Å². The zero-order valence-corrected chi connectivity index (χ0v) is 12.5. The Morgan fingerprint density at radius 3 is 2.58 bits per heavy atom. The summed E-state index contributed by atoms with van der Waals surface area (Å²) in [5, 5.41) is 3.22. The van der Waals surface area contributed by atoms with Gasteiger partial charge in [-0.25, -0.2) is 0 Å². The summed E-state index contributed by atoms with van der Waals surface area (Å²) in [5.74, 6) is 1.09. The van der Waals surface area contributed by atoms with E-state index in [0.29, 0.717) is 6.04 Å². The maximum atomic E-state index is 12.4. The van der Waals surface area contributed by atoms with Gasteiger partial charge in [0.15, 0.2) is 0 Å². The van der Waals surface area contributed by atoms with Gasteiger partial charge >= 0.3 is 0 Å². The molecule has 3 heteroatoms. The molecule has 1 aromatic carbocycles. The summed E-state index contributed by atoms with van der Waals surface area (Å²) in [6.45, 7) is 2.12. The molecule has 0 saturated heterocycles. The Balaban J connectivity index is 2.02. The molecule has 2 nitrogen and oxygen atoms in total. The number of hydrogen-bond acceptors (Lipinski definition) is 2. The molecule has 1 saturated carbocycles. The third-order valence-electron chi connectivity index (χ3n) is 3.62. The van der Waals surface area contributed by atoms with Gasteiger partial charge < -0.3 is 5.32 Å². The minimum atomic E-state index is 0.100. The second kappa shape index (κ2) is 7.59. The van der Waals surface area contributed by atoms with E-state index in [1.165, 1.54) is 25.7 Å². The van der Waals surface area contributed by atoms with Gasteiger partial charge in [-0.3, -0.25) is 4.79 Å². The molecule has 1 N–H and O–H groups in total. The molecule has 0 aliphatic heterocycles. The van der Waals surface area contributed by atoms with Crippen molar-refractivity contribution < 1.29 is 4.79 Å². The van der Waals surface area contributed by atoms with Gasteiger partial charge in [0.05, 0.1) is 5.56 Å². The van der Waals surface area contributed by atoms with Crippen molar-refractivity contribution in [1.82, 2.24) is 5.32 Å². The predicted octanol–water partition coefficient (Wildman–Crippen LogP) is 4.25. The summed E-state index contributed by atoms with van der Waals surface area (Å²) in [5.41, 5.74) is 0.832. The van der Waals surface area contributed by atoms with Gasteiger partial charge in [-0.15, -0.1) is 11.8 Å². The number of carbonyl (C=O) groups excluding carboxylic acids is 1. The number of benzene rings is 1. The van der Waals surface area contributed by atoms with Crippen LogP contribution in [-0.4, -0.2) is 17.7 Å². The van der Waals surface area contributed by atoms with E-state index in [1.54, 1.807) is 11.8 Å². The number of hydrogen-bond donors (Lipinski definition) is 1. The van der Waals surface area contributed by atoms with Crippen LogP contribution in [-0.2, 0) is 0 Å². The highest BCUT2D eigenvalue weighted by Crippen LogP contribution is 2.23. The van der Waals surface area contributed by atoms with E-state index in [4.69, 9.17) is 0 Å². The van der Waals surface area contributed by atoms with Crippen LogP contribution >= 0.6 is 11.8 Å². The van der Waals surface area contributed by atoms with E-state index in [9.17, 15) is 4.79 Å². The van der Waals surface area contributed by atoms with Crippen LogP contribution < -0.4 is 5.32 Å². The quantitative estimate of drug-likeness (QED) is 0.658. The highest BCUT2D eigenvalue weighted by atomic mass is 32.2. The van der Waals surface area contributed by atoms with Gasteiger partial charge in [-0.2, -0.15) is 0 Å². The third-order valence-corrected chi connectivity index (χ3v) is 4.58. The van der Waals surface area contributed by atoms with E-state index in [1.807, 2.05) is 24.3 Å². The lowest BCUT2D eigenvalue weighted by molar-refractivity contribution is 0.0930. The molecule has 0 unspecified atom stereocenters. The number of rotatable bonds is 4. The van der Waals surface area contributed by atoms with E-state index < -0.39 is 0 Å². The lowest BCUT2D eigenvalue weighted by Gasteiger charge is -2.17. The average molecular weight is 277 g/mol. The van der Waals surface area contributed by atoms with Crippen LogP contribution in [0, 0.1) is 0 Å². The van der Waals surface area contributed by atoms with E-state index >= 15 is 0 Å². The summed E-state index contributed by atoms with van der Waals surface area (Å²) >= 11 is 1.74. The second-order valence-corrected chi connectivity index (χ2v) is 6.40. The van der Waals surface area contributed by atoms with Crippen LogP contribution in [0.25, 0.3) is 0 Å². The Morgan fingerprint density at radius 2 is 1.89 bits per heavy atom. The molecule has 0 heterocycles. The van der Waals surface area contributed by atoms with Gasteiger partial charge in [0.25, 0.3) is 5.91 Å². The molecule has 104 valence electrons. The van der Waals surface area contributed by atoms with E-state index in [2.05, 4.69) is 12.2 Å². The van der Waals surface area contributed by atoms with Crippen LogP contribution in [0.1, 0.15) is 55.8 Å². The van der Waals surface area contributed by atoms with Crippen molar-refractivity contribution in [3.8, 4) is 0 Å². The largest absolute Gasteiger partial charge is 0.349 e. The fraction of sp³-hybridized carbons (Fsp3) is 0.562. The van der Waals surface area contributed by atoms with Crippen molar-refractivity contribution in [3.63, 3.8) is 0 Å². The first-order chi connectivity index (χ1) is 9.31. The first-order valence-corrected chi connectivity index (χ1v) is 8.32. The molecule has 2 rings (SSSR count). The Kier molecular flexibility index (Phi) is 5.77. The molecule has 0 radical (unpaired) electrons. The fourth-order valence-corrected chi connectivity index (χ4v) is 3.42. The topological polar surface area (TPSA) is 29.1 Å². The van der Waals surface area contributed by atoms with Crippen LogP contribution in [0.4, 0.5) is 0 Å². The first-order valence-electron chi connectivity index (χ1n) is 7.34. The molecule has 1 fully saturated rings. The molecule has 1 aliphatic rings. The van der Waals surface area contributed by atoms with Crippen molar-refractivity contribution in [2.24, 2.45) is 0 Å².